The molecule has 0 aromatic heterocycles. The Bertz CT molecular complexity index is 1370. The van der Waals surface area contributed by atoms with Crippen molar-refractivity contribution in [3.8, 4) is 0 Å². The van der Waals surface area contributed by atoms with E-state index in [1.807, 2.05) is 0 Å². The largest absolute Gasteiger partial charge is 0.326 e. The molecule has 3 aromatic rings. The van der Waals surface area contributed by atoms with Crippen molar-refractivity contribution in [1.82, 2.24) is 0 Å². The fourth-order valence-corrected chi connectivity index (χ4v) is 4.84. The van der Waals surface area contributed by atoms with Gasteiger partial charge in [0, 0.05) is 17.7 Å². The van der Waals surface area contributed by atoms with Gasteiger partial charge in [0.1, 0.15) is 21.8 Å². The number of anilines is 2. The van der Waals surface area contributed by atoms with Gasteiger partial charge in [-0.2, -0.15) is 0 Å². The molecule has 1 saturated carbocycles. The van der Waals surface area contributed by atoms with Gasteiger partial charge in [-0.1, -0.05) is 29.3 Å². The zero-order valence-corrected chi connectivity index (χ0v) is 20.1. The van der Waals surface area contributed by atoms with E-state index in [-0.39, 0.29) is 10.7 Å². The van der Waals surface area contributed by atoms with Crippen molar-refractivity contribution in [2.45, 2.75) is 10.3 Å². The highest BCUT2D eigenvalue weighted by atomic mass is 35.5. The molecule has 0 radical (unpaired) electrons. The maximum Gasteiger partial charge on any atom is 0.258 e. The highest BCUT2D eigenvalue weighted by Crippen LogP contribution is 2.65. The van der Waals surface area contributed by atoms with Crippen LogP contribution in [0.1, 0.15) is 21.8 Å². The second-order valence-corrected chi connectivity index (χ2v) is 9.95. The first-order valence-electron chi connectivity index (χ1n) is 9.79. The number of carbonyl (C=O) groups excluding carboxylic acids is 2. The van der Waals surface area contributed by atoms with Crippen LogP contribution in [0, 0.1) is 29.2 Å². The summed E-state index contributed by atoms with van der Waals surface area (Å²) in [5, 5.41) is 3.90. The number of hydrogen-bond acceptors (Lipinski definition) is 2. The molecule has 1 fully saturated rings. The highest BCUT2D eigenvalue weighted by Gasteiger charge is 2.67. The molecule has 182 valence electrons. The summed E-state index contributed by atoms with van der Waals surface area (Å²) in [6.45, 7) is 0. The molecule has 12 heteroatoms. The Labute approximate surface area is 216 Å². The summed E-state index contributed by atoms with van der Waals surface area (Å²) in [6, 6.07) is 8.26. The molecular formula is C23H12Cl4F4N2O2. The molecule has 0 bridgehead atoms. The Hall–Kier alpha value is -2.52. The minimum Gasteiger partial charge on any atom is -0.326 e. The fourth-order valence-electron chi connectivity index (χ4n) is 3.60. The lowest BCUT2D eigenvalue weighted by molar-refractivity contribution is -0.117. The van der Waals surface area contributed by atoms with Crippen LogP contribution in [-0.4, -0.2) is 16.1 Å². The molecule has 2 atom stereocenters. The monoisotopic (exact) mass is 564 g/mol. The van der Waals surface area contributed by atoms with E-state index in [1.54, 1.807) is 0 Å². The van der Waals surface area contributed by atoms with Gasteiger partial charge in [-0.3, -0.25) is 9.59 Å². The lowest BCUT2D eigenvalue weighted by atomic mass is 10.1. The van der Waals surface area contributed by atoms with E-state index in [1.165, 1.54) is 12.1 Å². The van der Waals surface area contributed by atoms with Gasteiger partial charge >= 0.3 is 0 Å². The van der Waals surface area contributed by atoms with Crippen LogP contribution in [0.3, 0.4) is 0 Å². The average molecular weight is 566 g/mol. The topological polar surface area (TPSA) is 58.2 Å². The molecule has 0 spiro atoms. The van der Waals surface area contributed by atoms with Crippen LogP contribution in [-0.2, 0) is 4.79 Å². The van der Waals surface area contributed by atoms with E-state index < -0.39 is 67.5 Å². The van der Waals surface area contributed by atoms with Crippen LogP contribution in [0.25, 0.3) is 0 Å². The second-order valence-electron chi connectivity index (χ2n) is 7.69. The van der Waals surface area contributed by atoms with Crippen LogP contribution in [0.2, 0.25) is 10.0 Å². The first kappa shape index (κ1) is 25.6. The van der Waals surface area contributed by atoms with E-state index in [4.69, 9.17) is 46.4 Å². The Balaban J connectivity index is 1.55. The zero-order chi connectivity index (χ0) is 25.7. The average Bonchev–Trinajstić information content (AvgIpc) is 3.36. The summed E-state index contributed by atoms with van der Waals surface area (Å²) in [4.78, 5) is 25.4. The molecule has 0 saturated heterocycles. The van der Waals surface area contributed by atoms with Gasteiger partial charge in [-0.25, -0.2) is 17.6 Å². The van der Waals surface area contributed by atoms with Crippen LogP contribution >= 0.6 is 46.4 Å². The summed E-state index contributed by atoms with van der Waals surface area (Å²) >= 11 is 24.2. The number of halogens is 8. The van der Waals surface area contributed by atoms with Crippen molar-refractivity contribution in [1.29, 1.82) is 0 Å². The Morgan fingerprint density at radius 2 is 1.54 bits per heavy atom. The predicted molar refractivity (Wildman–Crippen MR) is 126 cm³/mol. The van der Waals surface area contributed by atoms with Gasteiger partial charge in [0.2, 0.25) is 5.91 Å². The number of hydrogen-bond donors (Lipinski definition) is 2. The van der Waals surface area contributed by atoms with Crippen LogP contribution < -0.4 is 10.6 Å². The SMILES string of the molecule is O=C(Nc1ccc(F)cc1F)c1cc(NC(=O)C2C(c3ccc(F)c(Cl)c3)C2(Cl)Cl)cc(Cl)c1F. The van der Waals surface area contributed by atoms with Crippen molar-refractivity contribution in [2.75, 3.05) is 10.6 Å². The first-order valence-corrected chi connectivity index (χ1v) is 11.3. The number of amides is 2. The fraction of sp³-hybridized carbons (Fsp3) is 0.130. The third-order valence-corrected chi connectivity index (χ3v) is 6.86. The van der Waals surface area contributed by atoms with Crippen molar-refractivity contribution in [2.24, 2.45) is 5.92 Å². The van der Waals surface area contributed by atoms with E-state index in [0.717, 1.165) is 30.3 Å². The molecule has 0 aliphatic heterocycles. The van der Waals surface area contributed by atoms with E-state index in [0.29, 0.717) is 11.6 Å². The van der Waals surface area contributed by atoms with Crippen LogP contribution in [0.5, 0.6) is 0 Å². The van der Waals surface area contributed by atoms with Crippen LogP contribution in [0.15, 0.2) is 48.5 Å². The van der Waals surface area contributed by atoms with E-state index in [9.17, 15) is 27.2 Å². The zero-order valence-electron chi connectivity index (χ0n) is 17.1. The van der Waals surface area contributed by atoms with Gasteiger partial charge < -0.3 is 10.6 Å². The van der Waals surface area contributed by atoms with Gasteiger partial charge in [0.05, 0.1) is 27.2 Å². The lowest BCUT2D eigenvalue weighted by Gasteiger charge is -2.11. The number of benzene rings is 3. The normalized spacial score (nSPS) is 18.2. The highest BCUT2D eigenvalue weighted by molar-refractivity contribution is 6.53. The number of rotatable bonds is 5. The molecule has 4 nitrogen and oxygen atoms in total. The van der Waals surface area contributed by atoms with Crippen molar-refractivity contribution in [3.05, 3.63) is 93.0 Å². The Morgan fingerprint density at radius 3 is 2.20 bits per heavy atom. The second kappa shape index (κ2) is 9.50. The molecule has 2 amide bonds. The molecule has 0 heterocycles. The standard InChI is InChI=1S/C23H12Cl4F4N2O2/c24-13-5-9(1-3-15(13)29)18-19(23(18,26)27)22(35)32-11-7-12(20(31)14(25)8-11)21(34)33-17-4-2-10(28)6-16(17)30/h1-8,18-19H,(H,32,35)(H,33,34). The number of alkyl halides is 2. The van der Waals surface area contributed by atoms with Crippen LogP contribution in [0.4, 0.5) is 28.9 Å². The summed E-state index contributed by atoms with van der Waals surface area (Å²) in [5.74, 6) is -7.20. The van der Waals surface area contributed by atoms with Gasteiger partial charge in [-0.15, -0.1) is 23.2 Å². The molecular weight excluding hydrogens is 554 g/mol. The lowest BCUT2D eigenvalue weighted by Crippen LogP contribution is -2.19. The summed E-state index contributed by atoms with van der Waals surface area (Å²) in [5.41, 5.74) is -0.649. The predicted octanol–water partition coefficient (Wildman–Crippen LogP) is 7.33. The van der Waals surface area contributed by atoms with Crippen molar-refractivity contribution in [3.63, 3.8) is 0 Å². The number of carbonyl (C=O) groups is 2. The maximum absolute atomic E-state index is 14.5. The Morgan fingerprint density at radius 1 is 0.829 bits per heavy atom. The smallest absolute Gasteiger partial charge is 0.258 e. The third kappa shape index (κ3) is 5.07. The summed E-state index contributed by atoms with van der Waals surface area (Å²) in [6.07, 6.45) is 0. The summed E-state index contributed by atoms with van der Waals surface area (Å²) in [7, 11) is 0. The molecule has 2 N–H and O–H groups in total. The first-order chi connectivity index (χ1) is 16.4. The maximum atomic E-state index is 14.5. The van der Waals surface area contributed by atoms with Crippen molar-refractivity contribution < 1.29 is 27.2 Å². The molecule has 4 rings (SSSR count). The van der Waals surface area contributed by atoms with Crippen molar-refractivity contribution >= 4 is 69.6 Å². The molecule has 2 unspecified atom stereocenters. The minimum atomic E-state index is -1.53. The quantitative estimate of drug-likeness (QED) is 0.251. The Kier molecular flexibility index (Phi) is 6.94. The summed E-state index contributed by atoms with van der Waals surface area (Å²) < 4.78 is 53.4. The molecule has 35 heavy (non-hydrogen) atoms. The minimum absolute atomic E-state index is 0.0713. The van der Waals surface area contributed by atoms with Gasteiger partial charge in [0.15, 0.2) is 5.82 Å². The van der Waals surface area contributed by atoms with E-state index in [2.05, 4.69) is 10.6 Å². The molecule has 3 aromatic carbocycles. The number of nitrogens with one attached hydrogen (secondary N) is 2. The molecule has 1 aliphatic rings. The van der Waals surface area contributed by atoms with Gasteiger partial charge in [0.25, 0.3) is 5.91 Å². The van der Waals surface area contributed by atoms with Gasteiger partial charge in [-0.05, 0) is 42.0 Å². The third-order valence-electron chi connectivity index (χ3n) is 5.36. The van der Waals surface area contributed by atoms with E-state index >= 15 is 0 Å². The molecule has 1 aliphatic carbocycles.